The fourth-order valence-corrected chi connectivity index (χ4v) is 4.10. The van der Waals surface area contributed by atoms with Crippen LogP contribution in [0.25, 0.3) is 0 Å². The Morgan fingerprint density at radius 2 is 1.81 bits per heavy atom. The van der Waals surface area contributed by atoms with Crippen molar-refractivity contribution in [1.29, 1.82) is 0 Å². The first-order valence-corrected chi connectivity index (χ1v) is 10.6. The molecular formula is C20H25N3O3S. The molecular weight excluding hydrogens is 362 g/mol. The van der Waals surface area contributed by atoms with E-state index in [1.807, 2.05) is 19.9 Å². The Hall–Kier alpha value is -2.38. The Morgan fingerprint density at radius 3 is 2.44 bits per heavy atom. The topological polar surface area (TPSA) is 87.3 Å². The number of nitrogens with one attached hydrogen (secondary N) is 3. The van der Waals surface area contributed by atoms with Crippen LogP contribution in [0.1, 0.15) is 34.3 Å². The summed E-state index contributed by atoms with van der Waals surface area (Å²) in [5, 5.41) is 6.23. The molecule has 1 aliphatic rings. The summed E-state index contributed by atoms with van der Waals surface area (Å²) in [6.07, 6.45) is 1.98. The predicted octanol–water partition coefficient (Wildman–Crippen LogP) is 2.59. The van der Waals surface area contributed by atoms with Crippen molar-refractivity contribution in [2.45, 2.75) is 37.6 Å². The maximum absolute atomic E-state index is 12.6. The number of carbonyl (C=O) groups excluding carboxylic acids is 1. The minimum absolute atomic E-state index is 0.112. The number of carbonyl (C=O) groups is 1. The van der Waals surface area contributed by atoms with Crippen LogP contribution in [0.5, 0.6) is 0 Å². The second-order valence-electron chi connectivity index (χ2n) is 6.95. The molecule has 0 aliphatic carbocycles. The van der Waals surface area contributed by atoms with E-state index in [-0.39, 0.29) is 16.8 Å². The molecule has 1 unspecified atom stereocenters. The highest BCUT2D eigenvalue weighted by Gasteiger charge is 2.18. The summed E-state index contributed by atoms with van der Waals surface area (Å²) in [6, 6.07) is 11.5. The third-order valence-corrected chi connectivity index (χ3v) is 6.22. The van der Waals surface area contributed by atoms with E-state index in [1.165, 1.54) is 12.1 Å². The minimum atomic E-state index is -3.70. The monoisotopic (exact) mass is 387 g/mol. The Bertz CT molecular complexity index is 918. The van der Waals surface area contributed by atoms with E-state index in [9.17, 15) is 13.2 Å². The first kappa shape index (κ1) is 19.4. The predicted molar refractivity (Wildman–Crippen MR) is 107 cm³/mol. The van der Waals surface area contributed by atoms with Crippen molar-refractivity contribution >= 4 is 21.6 Å². The van der Waals surface area contributed by atoms with Gasteiger partial charge in [0.05, 0.1) is 4.90 Å². The highest BCUT2D eigenvalue weighted by molar-refractivity contribution is 7.92. The Morgan fingerprint density at radius 1 is 1.07 bits per heavy atom. The average Bonchev–Trinajstić information content (AvgIpc) is 2.65. The fourth-order valence-electron chi connectivity index (χ4n) is 3.05. The second kappa shape index (κ2) is 8.10. The normalized spacial score (nSPS) is 17.3. The molecule has 3 rings (SSSR count). The molecule has 0 saturated carbocycles. The summed E-state index contributed by atoms with van der Waals surface area (Å²) in [6.45, 7) is 5.65. The molecule has 3 N–H and O–H groups in total. The van der Waals surface area contributed by atoms with Gasteiger partial charge in [0, 0.05) is 23.8 Å². The van der Waals surface area contributed by atoms with Crippen LogP contribution in [0, 0.1) is 13.8 Å². The molecule has 1 saturated heterocycles. The van der Waals surface area contributed by atoms with Gasteiger partial charge in [0.25, 0.3) is 15.9 Å². The summed E-state index contributed by atoms with van der Waals surface area (Å²) in [7, 11) is -3.70. The Balaban J connectivity index is 1.69. The van der Waals surface area contributed by atoms with Crippen molar-refractivity contribution in [2.24, 2.45) is 0 Å². The SMILES string of the molecule is Cc1ccc(NS(=O)(=O)c2ccc(C(=O)NC3CCCNC3)cc2)cc1C. The number of benzene rings is 2. The third-order valence-electron chi connectivity index (χ3n) is 4.82. The van der Waals surface area contributed by atoms with E-state index >= 15 is 0 Å². The first-order valence-electron chi connectivity index (χ1n) is 9.07. The zero-order valence-corrected chi connectivity index (χ0v) is 16.4. The van der Waals surface area contributed by atoms with Crippen molar-refractivity contribution in [3.8, 4) is 0 Å². The van der Waals surface area contributed by atoms with Crippen molar-refractivity contribution in [1.82, 2.24) is 10.6 Å². The summed E-state index contributed by atoms with van der Waals surface area (Å²) in [4.78, 5) is 12.5. The zero-order chi connectivity index (χ0) is 19.4. The van der Waals surface area contributed by atoms with Gasteiger partial charge < -0.3 is 10.6 Å². The summed E-state index contributed by atoms with van der Waals surface area (Å²) < 4.78 is 27.7. The van der Waals surface area contributed by atoms with E-state index in [2.05, 4.69) is 15.4 Å². The number of hydrogen-bond acceptors (Lipinski definition) is 4. The number of aryl methyl sites for hydroxylation is 2. The quantitative estimate of drug-likeness (QED) is 0.736. The van der Waals surface area contributed by atoms with Crippen LogP contribution in [-0.2, 0) is 10.0 Å². The number of anilines is 1. The van der Waals surface area contributed by atoms with Crippen molar-refractivity contribution in [2.75, 3.05) is 17.8 Å². The van der Waals surface area contributed by atoms with Crippen LogP contribution in [0.4, 0.5) is 5.69 Å². The molecule has 2 aromatic rings. The average molecular weight is 388 g/mol. The molecule has 0 aromatic heterocycles. The molecule has 7 heteroatoms. The van der Waals surface area contributed by atoms with Crippen molar-refractivity contribution in [3.63, 3.8) is 0 Å². The van der Waals surface area contributed by atoms with Crippen LogP contribution in [-0.4, -0.2) is 33.5 Å². The van der Waals surface area contributed by atoms with Gasteiger partial charge in [-0.2, -0.15) is 0 Å². The van der Waals surface area contributed by atoms with E-state index in [0.29, 0.717) is 11.3 Å². The maximum atomic E-state index is 12.6. The molecule has 1 fully saturated rings. The molecule has 144 valence electrons. The van der Waals surface area contributed by atoms with Gasteiger partial charge in [-0.25, -0.2) is 8.42 Å². The molecule has 0 spiro atoms. The molecule has 6 nitrogen and oxygen atoms in total. The largest absolute Gasteiger partial charge is 0.348 e. The number of hydrogen-bond donors (Lipinski definition) is 3. The van der Waals surface area contributed by atoms with E-state index in [1.54, 1.807) is 24.3 Å². The highest BCUT2D eigenvalue weighted by Crippen LogP contribution is 2.19. The van der Waals surface area contributed by atoms with Gasteiger partial charge in [-0.1, -0.05) is 6.07 Å². The van der Waals surface area contributed by atoms with E-state index in [4.69, 9.17) is 0 Å². The lowest BCUT2D eigenvalue weighted by atomic mass is 10.1. The van der Waals surface area contributed by atoms with Crippen LogP contribution in [0.3, 0.4) is 0 Å². The van der Waals surface area contributed by atoms with Gasteiger partial charge in [-0.3, -0.25) is 9.52 Å². The standard InChI is InChI=1S/C20H25N3O3S/c1-14-5-8-17(12-15(14)2)23-27(25,26)19-9-6-16(7-10-19)20(24)22-18-4-3-11-21-13-18/h5-10,12,18,21,23H,3-4,11,13H2,1-2H3,(H,22,24). The molecule has 0 radical (unpaired) electrons. The smallest absolute Gasteiger partial charge is 0.261 e. The molecule has 1 amide bonds. The van der Waals surface area contributed by atoms with Gasteiger partial charge in [0.1, 0.15) is 0 Å². The second-order valence-corrected chi connectivity index (χ2v) is 8.63. The molecule has 1 heterocycles. The molecule has 2 aromatic carbocycles. The fraction of sp³-hybridized carbons (Fsp3) is 0.350. The van der Waals surface area contributed by atoms with E-state index < -0.39 is 10.0 Å². The van der Waals surface area contributed by atoms with Gasteiger partial charge in [-0.15, -0.1) is 0 Å². The molecule has 27 heavy (non-hydrogen) atoms. The van der Waals surface area contributed by atoms with Crippen LogP contribution in [0.2, 0.25) is 0 Å². The minimum Gasteiger partial charge on any atom is -0.348 e. The van der Waals surface area contributed by atoms with E-state index in [0.717, 1.165) is 37.1 Å². The van der Waals surface area contributed by atoms with Crippen LogP contribution >= 0.6 is 0 Å². The van der Waals surface area contributed by atoms with Gasteiger partial charge in [0.2, 0.25) is 0 Å². The molecule has 0 bridgehead atoms. The summed E-state index contributed by atoms with van der Waals surface area (Å²) >= 11 is 0. The number of piperidine rings is 1. The molecule has 1 aliphatic heterocycles. The van der Waals surface area contributed by atoms with Crippen molar-refractivity contribution in [3.05, 3.63) is 59.2 Å². The third kappa shape index (κ3) is 4.87. The van der Waals surface area contributed by atoms with Gasteiger partial charge in [-0.05, 0) is 80.8 Å². The molecule has 1 atom stereocenters. The lowest BCUT2D eigenvalue weighted by Crippen LogP contribution is -2.45. The lowest BCUT2D eigenvalue weighted by molar-refractivity contribution is 0.0930. The Kier molecular flexibility index (Phi) is 5.82. The zero-order valence-electron chi connectivity index (χ0n) is 15.6. The number of rotatable bonds is 5. The number of amides is 1. The van der Waals surface area contributed by atoms with Crippen LogP contribution in [0.15, 0.2) is 47.4 Å². The van der Waals surface area contributed by atoms with Gasteiger partial charge in [0.15, 0.2) is 0 Å². The summed E-state index contributed by atoms with van der Waals surface area (Å²) in [5.41, 5.74) is 3.08. The lowest BCUT2D eigenvalue weighted by Gasteiger charge is -2.23. The Labute approximate surface area is 160 Å². The summed E-state index contributed by atoms with van der Waals surface area (Å²) in [5.74, 6) is -0.185. The number of sulfonamides is 1. The highest BCUT2D eigenvalue weighted by atomic mass is 32.2. The first-order chi connectivity index (χ1) is 12.8. The van der Waals surface area contributed by atoms with Gasteiger partial charge >= 0.3 is 0 Å². The van der Waals surface area contributed by atoms with Crippen molar-refractivity contribution < 1.29 is 13.2 Å². The maximum Gasteiger partial charge on any atom is 0.261 e. The van der Waals surface area contributed by atoms with Crippen LogP contribution < -0.4 is 15.4 Å².